The molecule has 182 valence electrons. The fourth-order valence-electron chi connectivity index (χ4n) is 3.54. The Morgan fingerprint density at radius 3 is 2.38 bits per heavy atom. The maximum absolute atomic E-state index is 13.4. The molecule has 0 fully saturated rings. The van der Waals surface area contributed by atoms with Gasteiger partial charge in [0.25, 0.3) is 5.91 Å². The lowest BCUT2D eigenvalue weighted by atomic mass is 10.0. The molecule has 0 aromatic heterocycles. The largest absolute Gasteiger partial charge is 0.493 e. The molecule has 0 saturated heterocycles. The zero-order chi connectivity index (χ0) is 24.9. The topological polar surface area (TPSA) is 117 Å². The number of carboxylic acid groups (broad SMARTS) is 1. The third-order valence-electron chi connectivity index (χ3n) is 5.79. The Balaban J connectivity index is 2.12. The minimum atomic E-state index is -0.776. The Bertz CT molecular complexity index is 986. The number of nitrogens with two attached hydrogens (primary N) is 1. The van der Waals surface area contributed by atoms with Crippen molar-refractivity contribution < 1.29 is 19.4 Å². The van der Waals surface area contributed by atoms with Crippen LogP contribution >= 0.6 is 0 Å². The van der Waals surface area contributed by atoms with Crippen LogP contribution in [0.15, 0.2) is 54.7 Å². The van der Waals surface area contributed by atoms with Gasteiger partial charge in [0, 0.05) is 48.1 Å². The van der Waals surface area contributed by atoms with E-state index in [-0.39, 0.29) is 18.4 Å². The highest BCUT2D eigenvalue weighted by Gasteiger charge is 2.22. The molecule has 0 bridgehead atoms. The fourth-order valence-corrected chi connectivity index (χ4v) is 3.54. The monoisotopic (exact) mass is 465 g/mol. The number of carbonyl (C=O) groups is 2. The molecule has 0 saturated carbocycles. The maximum atomic E-state index is 13.4. The van der Waals surface area contributed by atoms with Crippen molar-refractivity contribution in [3.8, 4) is 5.75 Å². The van der Waals surface area contributed by atoms with Crippen molar-refractivity contribution in [1.29, 1.82) is 5.41 Å². The van der Waals surface area contributed by atoms with Gasteiger partial charge in [-0.1, -0.05) is 37.3 Å². The van der Waals surface area contributed by atoms with Crippen molar-refractivity contribution in [2.45, 2.75) is 58.5 Å². The molecule has 7 heteroatoms. The summed E-state index contributed by atoms with van der Waals surface area (Å²) in [6, 6.07) is 14.9. The minimum absolute atomic E-state index is 0.0253. The van der Waals surface area contributed by atoms with Gasteiger partial charge in [-0.05, 0) is 56.4 Å². The number of nitrogens with zero attached hydrogens (tertiary/aromatic N) is 1. The van der Waals surface area contributed by atoms with Crippen LogP contribution in [-0.2, 0) is 11.3 Å². The summed E-state index contributed by atoms with van der Waals surface area (Å²) >= 11 is 0. The molecule has 0 spiro atoms. The summed E-state index contributed by atoms with van der Waals surface area (Å²) in [7, 11) is 0. The average Bonchev–Trinajstić information content (AvgIpc) is 2.85. The van der Waals surface area contributed by atoms with E-state index in [0.29, 0.717) is 30.7 Å². The van der Waals surface area contributed by atoms with E-state index >= 15 is 0 Å². The highest BCUT2D eigenvalue weighted by Crippen LogP contribution is 2.24. The van der Waals surface area contributed by atoms with Gasteiger partial charge in [0.1, 0.15) is 5.75 Å². The molecule has 34 heavy (non-hydrogen) atoms. The fraction of sp³-hybridized carbons (Fsp3) is 0.370. The van der Waals surface area contributed by atoms with Crippen LogP contribution in [0.2, 0.25) is 0 Å². The Hall–Kier alpha value is -3.61. The van der Waals surface area contributed by atoms with Gasteiger partial charge < -0.3 is 25.9 Å². The van der Waals surface area contributed by atoms with Crippen molar-refractivity contribution in [3.63, 3.8) is 0 Å². The highest BCUT2D eigenvalue weighted by molar-refractivity contribution is 6.08. The van der Waals surface area contributed by atoms with Crippen LogP contribution in [0.3, 0.4) is 0 Å². The number of allylic oxidation sites excluding steroid dienone is 1. The van der Waals surface area contributed by atoms with Gasteiger partial charge in [0.2, 0.25) is 0 Å². The number of aliphatic carboxylic acids is 1. The summed E-state index contributed by atoms with van der Waals surface area (Å²) in [4.78, 5) is 25.9. The number of hydrogen-bond donors (Lipinski definition) is 3. The van der Waals surface area contributed by atoms with E-state index in [1.807, 2.05) is 36.1 Å². The zero-order valence-corrected chi connectivity index (χ0v) is 20.0. The van der Waals surface area contributed by atoms with Crippen molar-refractivity contribution in [2.75, 3.05) is 6.61 Å². The molecule has 7 nitrogen and oxygen atoms in total. The summed E-state index contributed by atoms with van der Waals surface area (Å²) in [6.45, 7) is 5.00. The molecular weight excluding hydrogens is 430 g/mol. The molecule has 1 atom stereocenters. The standard InChI is InChI=1S/C27H35N3O4/c1-3-20(2)30(27(33)22-14-12-21(13-15-22)24(17-28)18-29)19-23-9-6-7-10-25(23)34-16-8-4-5-11-26(31)32/h6-7,9-10,12-15,17-18,20,28H,3-5,8,11,16,19,29H2,1-2H3,(H,31,32)/b24-18+,28-17?. The molecule has 0 aliphatic carbocycles. The lowest BCUT2D eigenvalue weighted by Gasteiger charge is -2.29. The van der Waals surface area contributed by atoms with Gasteiger partial charge >= 0.3 is 5.97 Å². The summed E-state index contributed by atoms with van der Waals surface area (Å²) in [5.74, 6) is -0.111. The number of carbonyl (C=O) groups excluding carboxylic acids is 1. The molecule has 4 N–H and O–H groups in total. The SMILES string of the molecule is CCC(C)N(Cc1ccccc1OCCCCCC(=O)O)C(=O)c1ccc(/C(C=N)=C/N)cc1. The number of unbranched alkanes of at least 4 members (excludes halogenated alkanes) is 2. The first-order valence-corrected chi connectivity index (χ1v) is 11.7. The van der Waals surface area contributed by atoms with Crippen LogP contribution in [0.5, 0.6) is 5.75 Å². The van der Waals surface area contributed by atoms with Crippen LogP contribution in [-0.4, -0.2) is 40.7 Å². The van der Waals surface area contributed by atoms with E-state index in [9.17, 15) is 9.59 Å². The van der Waals surface area contributed by atoms with Gasteiger partial charge in [0.05, 0.1) is 6.61 Å². The lowest BCUT2D eigenvalue weighted by Crippen LogP contribution is -2.37. The average molecular weight is 466 g/mol. The third kappa shape index (κ3) is 7.76. The maximum Gasteiger partial charge on any atom is 0.303 e. The van der Waals surface area contributed by atoms with Crippen LogP contribution in [0.4, 0.5) is 0 Å². The summed E-state index contributed by atoms with van der Waals surface area (Å²) < 4.78 is 5.99. The van der Waals surface area contributed by atoms with Crippen molar-refractivity contribution >= 4 is 23.7 Å². The third-order valence-corrected chi connectivity index (χ3v) is 5.79. The molecular formula is C27H35N3O4. The molecule has 0 aliphatic heterocycles. The number of ether oxygens (including phenoxy) is 1. The quantitative estimate of drug-likeness (QED) is 0.265. The van der Waals surface area contributed by atoms with E-state index in [4.69, 9.17) is 21.0 Å². The lowest BCUT2D eigenvalue weighted by molar-refractivity contribution is -0.137. The Labute approximate surface area is 201 Å². The molecule has 0 aliphatic rings. The minimum Gasteiger partial charge on any atom is -0.493 e. The molecule has 1 unspecified atom stereocenters. The van der Waals surface area contributed by atoms with Crippen molar-refractivity contribution in [1.82, 2.24) is 4.90 Å². The van der Waals surface area contributed by atoms with E-state index in [1.165, 1.54) is 12.4 Å². The zero-order valence-electron chi connectivity index (χ0n) is 20.0. The summed E-state index contributed by atoms with van der Waals surface area (Å²) in [6.07, 6.45) is 5.75. The van der Waals surface area contributed by atoms with E-state index in [0.717, 1.165) is 36.1 Å². The summed E-state index contributed by atoms with van der Waals surface area (Å²) in [5, 5.41) is 16.2. The van der Waals surface area contributed by atoms with E-state index < -0.39 is 5.97 Å². The molecule has 0 heterocycles. The van der Waals surface area contributed by atoms with Crippen LogP contribution < -0.4 is 10.5 Å². The second-order valence-electron chi connectivity index (χ2n) is 8.19. The number of amides is 1. The number of hydrogen-bond acceptors (Lipinski definition) is 5. The van der Waals surface area contributed by atoms with Gasteiger partial charge in [-0.25, -0.2) is 0 Å². The summed E-state index contributed by atoms with van der Waals surface area (Å²) in [5.41, 5.74) is 8.44. The second-order valence-corrected chi connectivity index (χ2v) is 8.19. The van der Waals surface area contributed by atoms with Crippen molar-refractivity contribution in [2.24, 2.45) is 5.73 Å². The van der Waals surface area contributed by atoms with Crippen LogP contribution in [0.1, 0.15) is 67.4 Å². The number of benzene rings is 2. The molecule has 0 radical (unpaired) electrons. The van der Waals surface area contributed by atoms with Gasteiger partial charge in [0.15, 0.2) is 0 Å². The molecule has 2 rings (SSSR count). The highest BCUT2D eigenvalue weighted by atomic mass is 16.5. The molecule has 1 amide bonds. The van der Waals surface area contributed by atoms with Gasteiger partial charge in [-0.3, -0.25) is 9.59 Å². The Kier molecular flexibility index (Phi) is 10.8. The van der Waals surface area contributed by atoms with E-state index in [2.05, 4.69) is 6.92 Å². The first kappa shape index (κ1) is 26.6. The molecule has 2 aromatic rings. The first-order valence-electron chi connectivity index (χ1n) is 11.7. The van der Waals surface area contributed by atoms with Gasteiger partial charge in [-0.15, -0.1) is 0 Å². The smallest absolute Gasteiger partial charge is 0.303 e. The van der Waals surface area contributed by atoms with Crippen LogP contribution in [0, 0.1) is 5.41 Å². The number of nitrogens with one attached hydrogen (secondary N) is 1. The van der Waals surface area contributed by atoms with E-state index in [1.54, 1.807) is 24.3 Å². The van der Waals surface area contributed by atoms with Crippen molar-refractivity contribution in [3.05, 3.63) is 71.4 Å². The second kappa shape index (κ2) is 13.8. The predicted octanol–water partition coefficient (Wildman–Crippen LogP) is 5.10. The number of para-hydroxylation sites is 1. The first-order chi connectivity index (χ1) is 16.4. The van der Waals surface area contributed by atoms with Gasteiger partial charge in [-0.2, -0.15) is 0 Å². The predicted molar refractivity (Wildman–Crippen MR) is 135 cm³/mol. The Morgan fingerprint density at radius 2 is 1.76 bits per heavy atom. The number of carboxylic acids is 1. The number of rotatable bonds is 14. The molecule has 2 aromatic carbocycles. The van der Waals surface area contributed by atoms with Crippen LogP contribution in [0.25, 0.3) is 5.57 Å². The normalized spacial score (nSPS) is 12.1. The Morgan fingerprint density at radius 1 is 1.09 bits per heavy atom.